The van der Waals surface area contributed by atoms with Gasteiger partial charge in [-0.15, -0.1) is 0 Å². The Kier molecular flexibility index (Phi) is 12.6. The van der Waals surface area contributed by atoms with Gasteiger partial charge in [0.25, 0.3) is 0 Å². The van der Waals surface area contributed by atoms with Crippen LogP contribution in [0.25, 0.3) is 10.9 Å². The molecule has 0 bridgehead atoms. The Morgan fingerprint density at radius 2 is 1.43 bits per heavy atom. The molecule has 44 heavy (non-hydrogen) atoms. The van der Waals surface area contributed by atoms with Crippen LogP contribution in [0.4, 0.5) is 9.59 Å². The average molecular weight is 601 g/mol. The number of ether oxygens (including phenoxy) is 3. The summed E-state index contributed by atoms with van der Waals surface area (Å²) in [7, 11) is 1.35. The van der Waals surface area contributed by atoms with Crippen molar-refractivity contribution in [1.29, 1.82) is 0 Å². The van der Waals surface area contributed by atoms with E-state index in [4.69, 9.17) is 14.2 Å². The molecule has 0 unspecified atom stereocenters. The lowest BCUT2D eigenvalue weighted by Crippen LogP contribution is -2.48. The van der Waals surface area contributed by atoms with E-state index in [2.05, 4.69) is 20.9 Å². The van der Waals surface area contributed by atoms with Gasteiger partial charge in [-0.1, -0.05) is 78.9 Å². The first-order valence-electron chi connectivity index (χ1n) is 14.8. The summed E-state index contributed by atoms with van der Waals surface area (Å²) in [5.74, 6) is -0.391. The average Bonchev–Trinajstić information content (AvgIpc) is 3.47. The number of methoxy groups -OCH3 is 1. The number of aromatic amines is 1. The zero-order valence-corrected chi connectivity index (χ0v) is 24.9. The van der Waals surface area contributed by atoms with Crippen molar-refractivity contribution in [2.75, 3.05) is 20.2 Å². The number of hydrogen-bond donors (Lipinski definition) is 4. The van der Waals surface area contributed by atoms with Crippen molar-refractivity contribution in [1.82, 2.24) is 20.9 Å². The van der Waals surface area contributed by atoms with E-state index in [9.17, 15) is 14.4 Å². The molecule has 2 atom stereocenters. The fraction of sp³-hybridized carbons (Fsp3) is 0.324. The minimum absolute atomic E-state index is 0.151. The predicted octanol–water partition coefficient (Wildman–Crippen LogP) is 5.23. The lowest BCUT2D eigenvalue weighted by Gasteiger charge is -2.23. The molecule has 10 nitrogen and oxygen atoms in total. The summed E-state index contributed by atoms with van der Waals surface area (Å²) in [6, 6.07) is 25.9. The normalized spacial score (nSPS) is 12.2. The number of benzene rings is 3. The molecule has 0 radical (unpaired) electrons. The smallest absolute Gasteiger partial charge is 0.407 e. The largest absolute Gasteiger partial charge is 0.468 e. The Labute approximate surface area is 257 Å². The Balaban J connectivity index is 1.28. The molecule has 10 heteroatoms. The molecule has 0 saturated heterocycles. The summed E-state index contributed by atoms with van der Waals surface area (Å²) >= 11 is 0. The summed E-state index contributed by atoms with van der Waals surface area (Å²) in [6.07, 6.45) is 3.22. The summed E-state index contributed by atoms with van der Waals surface area (Å²) in [5.41, 5.74) is 3.84. The van der Waals surface area contributed by atoms with E-state index in [-0.39, 0.29) is 19.3 Å². The molecule has 4 aromatic rings. The third kappa shape index (κ3) is 10.5. The number of hydrogen-bond acceptors (Lipinski definition) is 7. The number of unbranched alkanes of at least 4 members (excludes halogenated alkanes) is 1. The highest BCUT2D eigenvalue weighted by Crippen LogP contribution is 2.19. The van der Waals surface area contributed by atoms with Gasteiger partial charge in [0.1, 0.15) is 19.3 Å². The molecule has 0 aliphatic carbocycles. The Morgan fingerprint density at radius 1 is 0.795 bits per heavy atom. The van der Waals surface area contributed by atoms with Crippen molar-refractivity contribution in [3.63, 3.8) is 0 Å². The van der Waals surface area contributed by atoms with Gasteiger partial charge in [0.2, 0.25) is 0 Å². The van der Waals surface area contributed by atoms with Crippen molar-refractivity contribution in [2.24, 2.45) is 0 Å². The van der Waals surface area contributed by atoms with Crippen LogP contribution in [0.1, 0.15) is 36.0 Å². The van der Waals surface area contributed by atoms with Crippen LogP contribution < -0.4 is 16.0 Å². The quantitative estimate of drug-likeness (QED) is 0.0787. The predicted molar refractivity (Wildman–Crippen MR) is 168 cm³/mol. The second kappa shape index (κ2) is 17.3. The van der Waals surface area contributed by atoms with E-state index in [1.165, 1.54) is 7.11 Å². The molecule has 2 amide bonds. The third-order valence-electron chi connectivity index (χ3n) is 7.17. The van der Waals surface area contributed by atoms with Gasteiger partial charge in [0.05, 0.1) is 7.11 Å². The van der Waals surface area contributed by atoms with Crippen LogP contribution in [0.2, 0.25) is 0 Å². The number of nitrogens with one attached hydrogen (secondary N) is 4. The lowest BCUT2D eigenvalue weighted by molar-refractivity contribution is -0.143. The van der Waals surface area contributed by atoms with Crippen LogP contribution in [-0.2, 0) is 38.6 Å². The molecular formula is C34H40N4O6. The standard InChI is InChI=1S/C34H40N4O6/c1-42-32(39)31(18-10-11-19-35-33(40)43-23-25-12-4-2-5-13-25)37-22-28(20-27-21-36-30-17-9-8-16-29(27)30)38-34(41)44-24-26-14-6-3-7-15-26/h2-9,12-17,21,28,31,36-37H,10-11,18-20,22-24H2,1H3,(H,35,40)(H,38,41)/t28-,31-/m0/s1. The Hall–Kier alpha value is -4.83. The summed E-state index contributed by atoms with van der Waals surface area (Å²) in [4.78, 5) is 40.7. The van der Waals surface area contributed by atoms with Gasteiger partial charge in [-0.2, -0.15) is 0 Å². The van der Waals surface area contributed by atoms with E-state index < -0.39 is 24.2 Å². The maximum atomic E-state index is 12.8. The van der Waals surface area contributed by atoms with Gasteiger partial charge in [0.15, 0.2) is 0 Å². The molecule has 0 aliphatic heterocycles. The number of rotatable bonds is 16. The fourth-order valence-electron chi connectivity index (χ4n) is 4.84. The maximum Gasteiger partial charge on any atom is 0.407 e. The van der Waals surface area contributed by atoms with Crippen LogP contribution in [0.3, 0.4) is 0 Å². The van der Waals surface area contributed by atoms with E-state index in [1.54, 1.807) is 0 Å². The molecule has 1 heterocycles. The highest BCUT2D eigenvalue weighted by Gasteiger charge is 2.22. The number of H-pyrrole nitrogens is 1. The van der Waals surface area contributed by atoms with Crippen molar-refractivity contribution >= 4 is 29.1 Å². The first-order valence-corrected chi connectivity index (χ1v) is 14.8. The maximum absolute atomic E-state index is 12.8. The number of carbonyl (C=O) groups is 3. The molecule has 0 aliphatic rings. The number of aromatic nitrogens is 1. The lowest BCUT2D eigenvalue weighted by atomic mass is 10.0. The summed E-state index contributed by atoms with van der Waals surface area (Å²) in [6.45, 7) is 1.08. The molecule has 232 valence electrons. The number of esters is 1. The van der Waals surface area contributed by atoms with Crippen molar-refractivity contribution in [3.8, 4) is 0 Å². The van der Waals surface area contributed by atoms with Gasteiger partial charge in [-0.25, -0.2) is 9.59 Å². The van der Waals surface area contributed by atoms with Gasteiger partial charge >= 0.3 is 18.2 Å². The first kappa shape index (κ1) is 32.1. The highest BCUT2D eigenvalue weighted by atomic mass is 16.6. The van der Waals surface area contributed by atoms with E-state index in [1.807, 2.05) is 91.1 Å². The summed E-state index contributed by atoms with van der Waals surface area (Å²) in [5, 5.41) is 10.1. The van der Waals surface area contributed by atoms with E-state index >= 15 is 0 Å². The second-order valence-corrected chi connectivity index (χ2v) is 10.4. The SMILES string of the molecule is COC(=O)[C@H](CCCCNC(=O)OCc1ccccc1)NC[C@H](Cc1c[nH]c2ccccc12)NC(=O)OCc1ccccc1. The topological polar surface area (TPSA) is 131 Å². The Bertz CT molecular complexity index is 1460. The fourth-order valence-corrected chi connectivity index (χ4v) is 4.84. The van der Waals surface area contributed by atoms with Crippen LogP contribution in [0.5, 0.6) is 0 Å². The second-order valence-electron chi connectivity index (χ2n) is 10.4. The van der Waals surface area contributed by atoms with Gasteiger partial charge in [-0.05, 0) is 48.4 Å². The monoisotopic (exact) mass is 600 g/mol. The van der Waals surface area contributed by atoms with Gasteiger partial charge in [0, 0.05) is 36.2 Å². The minimum atomic E-state index is -0.586. The number of carbonyl (C=O) groups excluding carboxylic acids is 3. The highest BCUT2D eigenvalue weighted by molar-refractivity contribution is 5.83. The zero-order valence-electron chi connectivity index (χ0n) is 24.9. The molecule has 4 N–H and O–H groups in total. The molecule has 1 aromatic heterocycles. The molecule has 4 rings (SSSR count). The van der Waals surface area contributed by atoms with Gasteiger partial charge in [-0.3, -0.25) is 4.79 Å². The molecular weight excluding hydrogens is 560 g/mol. The number of fused-ring (bicyclic) bond motifs is 1. The first-order chi connectivity index (χ1) is 21.5. The number of alkyl carbamates (subject to hydrolysis) is 2. The van der Waals surface area contributed by atoms with Crippen molar-refractivity contribution < 1.29 is 28.6 Å². The van der Waals surface area contributed by atoms with Crippen molar-refractivity contribution in [2.45, 2.75) is 51.0 Å². The van der Waals surface area contributed by atoms with Crippen LogP contribution in [0, 0.1) is 0 Å². The van der Waals surface area contributed by atoms with Crippen molar-refractivity contribution in [3.05, 3.63) is 108 Å². The number of para-hydroxylation sites is 1. The van der Waals surface area contributed by atoms with Crippen LogP contribution in [0.15, 0.2) is 91.1 Å². The molecule has 0 fully saturated rings. The number of amides is 2. The Morgan fingerprint density at radius 3 is 2.11 bits per heavy atom. The molecule has 0 saturated carbocycles. The van der Waals surface area contributed by atoms with Gasteiger partial charge < -0.3 is 35.1 Å². The van der Waals surface area contributed by atoms with Crippen LogP contribution >= 0.6 is 0 Å². The van der Waals surface area contributed by atoms with Crippen LogP contribution in [-0.4, -0.2) is 55.4 Å². The minimum Gasteiger partial charge on any atom is -0.468 e. The zero-order chi connectivity index (χ0) is 31.0. The molecule has 3 aromatic carbocycles. The van der Waals surface area contributed by atoms with E-state index in [0.717, 1.165) is 27.6 Å². The molecule has 0 spiro atoms. The van der Waals surface area contributed by atoms with E-state index in [0.29, 0.717) is 38.8 Å². The summed E-state index contributed by atoms with van der Waals surface area (Å²) < 4.78 is 15.7. The third-order valence-corrected chi connectivity index (χ3v) is 7.17.